The molecule has 8 heteroatoms. The number of aryl methyl sites for hydroxylation is 1. The molecule has 0 bridgehead atoms. The van der Waals surface area contributed by atoms with Gasteiger partial charge in [-0.05, 0) is 6.92 Å². The van der Waals surface area contributed by atoms with Crippen LogP contribution < -0.4 is 5.69 Å². The zero-order valence-electron chi connectivity index (χ0n) is 9.51. The lowest BCUT2D eigenvalue weighted by Gasteiger charge is -1.97. The third kappa shape index (κ3) is 1.86. The summed E-state index contributed by atoms with van der Waals surface area (Å²) in [5, 5.41) is 6.17. The first-order valence-corrected chi connectivity index (χ1v) is 6.30. The minimum atomic E-state index is -2.64. The fourth-order valence-electron chi connectivity index (χ4n) is 1.72. The van der Waals surface area contributed by atoms with Gasteiger partial charge in [0.2, 0.25) is 0 Å². The maximum atomic E-state index is 12.8. The average Bonchev–Trinajstić information content (AvgIpc) is 2.67. The monoisotopic (exact) mass is 272 g/mol. The summed E-state index contributed by atoms with van der Waals surface area (Å²) in [6.07, 6.45) is 1.16. The molecule has 1 fully saturated rings. The van der Waals surface area contributed by atoms with E-state index < -0.39 is 17.5 Å². The van der Waals surface area contributed by atoms with E-state index in [1.807, 2.05) is 12.3 Å². The predicted octanol–water partition coefficient (Wildman–Crippen LogP) is 1.45. The lowest BCUT2D eigenvalue weighted by atomic mass is 10.4. The summed E-state index contributed by atoms with van der Waals surface area (Å²) in [5.74, 6) is -3.40. The summed E-state index contributed by atoms with van der Waals surface area (Å²) >= 11 is 1.31. The summed E-state index contributed by atoms with van der Waals surface area (Å²) in [7, 11) is 0. The SMILES string of the molecule is Cc1csc(-n2cnn(CC3CC3(F)F)c2=O)n1. The molecule has 0 amide bonds. The second kappa shape index (κ2) is 3.71. The van der Waals surface area contributed by atoms with E-state index in [1.165, 1.54) is 22.2 Å². The molecule has 18 heavy (non-hydrogen) atoms. The van der Waals surface area contributed by atoms with Crippen molar-refractivity contribution in [3.8, 4) is 5.13 Å². The Morgan fingerprint density at radius 3 is 2.89 bits per heavy atom. The van der Waals surface area contributed by atoms with E-state index in [2.05, 4.69) is 10.1 Å². The number of rotatable bonds is 3. The van der Waals surface area contributed by atoms with Gasteiger partial charge in [0.25, 0.3) is 5.92 Å². The van der Waals surface area contributed by atoms with Crippen LogP contribution in [0, 0.1) is 12.8 Å². The number of hydrogen-bond acceptors (Lipinski definition) is 4. The highest BCUT2D eigenvalue weighted by Gasteiger charge is 2.57. The number of aromatic nitrogens is 4. The van der Waals surface area contributed by atoms with E-state index in [0.29, 0.717) is 5.13 Å². The highest BCUT2D eigenvalue weighted by atomic mass is 32.1. The molecule has 1 saturated carbocycles. The van der Waals surface area contributed by atoms with Crippen molar-refractivity contribution in [2.45, 2.75) is 25.8 Å². The summed E-state index contributed by atoms with van der Waals surface area (Å²) in [5.41, 5.74) is 0.385. The van der Waals surface area contributed by atoms with E-state index >= 15 is 0 Å². The van der Waals surface area contributed by atoms with Crippen LogP contribution in [0.1, 0.15) is 12.1 Å². The van der Waals surface area contributed by atoms with Crippen LogP contribution in [0.25, 0.3) is 5.13 Å². The van der Waals surface area contributed by atoms with Crippen molar-refractivity contribution >= 4 is 11.3 Å². The molecule has 1 aliphatic rings. The molecule has 3 rings (SSSR count). The number of hydrogen-bond donors (Lipinski definition) is 0. The van der Waals surface area contributed by atoms with Gasteiger partial charge >= 0.3 is 5.69 Å². The van der Waals surface area contributed by atoms with Crippen LogP contribution in [0.3, 0.4) is 0 Å². The highest BCUT2D eigenvalue weighted by molar-refractivity contribution is 7.12. The molecule has 96 valence electrons. The Balaban J connectivity index is 1.87. The molecule has 2 heterocycles. The first-order valence-electron chi connectivity index (χ1n) is 5.42. The quantitative estimate of drug-likeness (QED) is 0.850. The summed E-state index contributed by atoms with van der Waals surface area (Å²) < 4.78 is 27.9. The van der Waals surface area contributed by atoms with E-state index in [9.17, 15) is 13.6 Å². The van der Waals surface area contributed by atoms with Crippen LogP contribution in [0.2, 0.25) is 0 Å². The molecule has 1 atom stereocenters. The van der Waals surface area contributed by atoms with E-state index in [1.54, 1.807) is 0 Å². The van der Waals surface area contributed by atoms with E-state index in [0.717, 1.165) is 10.4 Å². The van der Waals surface area contributed by atoms with Crippen LogP contribution in [-0.2, 0) is 6.54 Å². The second-order valence-corrected chi connectivity index (χ2v) is 5.24. The zero-order valence-corrected chi connectivity index (χ0v) is 10.3. The minimum Gasteiger partial charge on any atom is -0.245 e. The molecule has 0 aromatic carbocycles. The molecule has 2 aromatic rings. The molecule has 0 N–H and O–H groups in total. The molecule has 2 aromatic heterocycles. The van der Waals surface area contributed by atoms with Crippen LogP contribution >= 0.6 is 11.3 Å². The van der Waals surface area contributed by atoms with Gasteiger partial charge in [0, 0.05) is 17.7 Å². The zero-order chi connectivity index (χ0) is 12.9. The highest BCUT2D eigenvalue weighted by Crippen LogP contribution is 2.49. The Labute approximate surface area is 105 Å². The third-order valence-electron chi connectivity index (χ3n) is 2.90. The van der Waals surface area contributed by atoms with E-state index in [4.69, 9.17) is 0 Å². The van der Waals surface area contributed by atoms with Crippen molar-refractivity contribution in [3.05, 3.63) is 27.9 Å². The van der Waals surface area contributed by atoms with Crippen molar-refractivity contribution < 1.29 is 8.78 Å². The largest absolute Gasteiger partial charge is 0.352 e. The molecule has 1 aliphatic carbocycles. The Morgan fingerprint density at radius 1 is 1.61 bits per heavy atom. The third-order valence-corrected chi connectivity index (χ3v) is 3.85. The maximum absolute atomic E-state index is 12.8. The summed E-state index contributed by atoms with van der Waals surface area (Å²) in [6, 6.07) is 0. The molecular weight excluding hydrogens is 262 g/mol. The number of halogens is 2. The van der Waals surface area contributed by atoms with Crippen molar-refractivity contribution in [1.29, 1.82) is 0 Å². The Morgan fingerprint density at radius 2 is 2.33 bits per heavy atom. The molecule has 5 nitrogen and oxygen atoms in total. The van der Waals surface area contributed by atoms with Crippen LogP contribution in [-0.4, -0.2) is 25.3 Å². The Kier molecular flexibility index (Phi) is 2.37. The van der Waals surface area contributed by atoms with Gasteiger partial charge in [-0.25, -0.2) is 27.8 Å². The molecule has 1 unspecified atom stereocenters. The Bertz CT molecular complexity index is 644. The van der Waals surface area contributed by atoms with Crippen molar-refractivity contribution in [1.82, 2.24) is 19.3 Å². The predicted molar refractivity (Wildman–Crippen MR) is 61.3 cm³/mol. The van der Waals surface area contributed by atoms with Gasteiger partial charge in [0.15, 0.2) is 5.13 Å². The maximum Gasteiger partial charge on any atom is 0.352 e. The average molecular weight is 272 g/mol. The van der Waals surface area contributed by atoms with Crippen molar-refractivity contribution in [3.63, 3.8) is 0 Å². The summed E-state index contributed by atoms with van der Waals surface area (Å²) in [4.78, 5) is 16.1. The standard InChI is InChI=1S/C10H10F2N4OS/c1-6-4-18-8(14-6)15-5-13-16(9(15)17)3-7-2-10(7,11)12/h4-5,7H,2-3H2,1H3. The summed E-state index contributed by atoms with van der Waals surface area (Å²) in [6.45, 7) is 1.78. The number of thiazole rings is 1. The first-order chi connectivity index (χ1) is 8.47. The van der Waals surface area contributed by atoms with Crippen LogP contribution in [0.4, 0.5) is 8.78 Å². The first kappa shape index (κ1) is 11.5. The van der Waals surface area contributed by atoms with Gasteiger partial charge in [-0.3, -0.25) is 0 Å². The molecule has 0 radical (unpaired) electrons. The van der Waals surface area contributed by atoms with Gasteiger partial charge < -0.3 is 0 Å². The minimum absolute atomic E-state index is 0.0385. The van der Waals surface area contributed by atoms with Gasteiger partial charge in [-0.1, -0.05) is 0 Å². The van der Waals surface area contributed by atoms with Gasteiger partial charge in [0.1, 0.15) is 6.33 Å². The number of alkyl halides is 2. The molecule has 0 aliphatic heterocycles. The second-order valence-electron chi connectivity index (χ2n) is 4.40. The number of nitrogens with zero attached hydrogens (tertiary/aromatic N) is 4. The van der Waals surface area contributed by atoms with Gasteiger partial charge in [0.05, 0.1) is 12.2 Å². The molecule has 0 saturated heterocycles. The Hall–Kier alpha value is -1.57. The lowest BCUT2D eigenvalue weighted by molar-refractivity contribution is 0.0939. The van der Waals surface area contributed by atoms with E-state index in [-0.39, 0.29) is 13.0 Å². The van der Waals surface area contributed by atoms with Crippen LogP contribution in [0.15, 0.2) is 16.5 Å². The fourth-order valence-corrected chi connectivity index (χ4v) is 2.49. The topological polar surface area (TPSA) is 52.7 Å². The lowest BCUT2D eigenvalue weighted by Crippen LogP contribution is -2.25. The van der Waals surface area contributed by atoms with Crippen LogP contribution in [0.5, 0.6) is 0 Å². The smallest absolute Gasteiger partial charge is 0.245 e. The van der Waals surface area contributed by atoms with Gasteiger partial charge in [-0.15, -0.1) is 11.3 Å². The molecular formula is C10H10F2N4OS. The normalized spacial score (nSPS) is 21.2. The van der Waals surface area contributed by atoms with Gasteiger partial charge in [-0.2, -0.15) is 5.10 Å². The molecule has 0 spiro atoms. The van der Waals surface area contributed by atoms with Crippen molar-refractivity contribution in [2.75, 3.05) is 0 Å². The fraction of sp³-hybridized carbons (Fsp3) is 0.500. The van der Waals surface area contributed by atoms with Crippen molar-refractivity contribution in [2.24, 2.45) is 5.92 Å².